The second-order valence-corrected chi connectivity index (χ2v) is 11.6. The average Bonchev–Trinajstić information content (AvgIpc) is 3.50. The molecule has 0 N–H and O–H groups in total. The van der Waals surface area contributed by atoms with Crippen LogP contribution in [0.4, 0.5) is 0 Å². The predicted molar refractivity (Wildman–Crippen MR) is 142 cm³/mol. The Morgan fingerprint density at radius 2 is 1.63 bits per heavy atom. The van der Waals surface area contributed by atoms with Gasteiger partial charge in [-0.3, -0.25) is 14.5 Å². The molecule has 2 aliphatic heterocycles. The number of rotatable bonds is 6. The van der Waals surface area contributed by atoms with Crippen molar-refractivity contribution in [3.63, 3.8) is 0 Å². The molecule has 0 spiro atoms. The lowest BCUT2D eigenvalue weighted by molar-refractivity contribution is -0.134. The van der Waals surface area contributed by atoms with Crippen LogP contribution in [0.25, 0.3) is 0 Å². The summed E-state index contributed by atoms with van der Waals surface area (Å²) in [6.45, 7) is 6.36. The molecule has 3 heterocycles. The summed E-state index contributed by atoms with van der Waals surface area (Å²) in [7, 11) is 0. The van der Waals surface area contributed by atoms with E-state index in [0.29, 0.717) is 26.1 Å². The average molecular weight is 494 g/mol. The van der Waals surface area contributed by atoms with E-state index in [-0.39, 0.29) is 17.9 Å². The van der Waals surface area contributed by atoms with Crippen LogP contribution in [0.15, 0.2) is 35.7 Å². The van der Waals surface area contributed by atoms with Crippen molar-refractivity contribution in [3.05, 3.63) is 57.3 Å². The minimum absolute atomic E-state index is 0.135. The third kappa shape index (κ3) is 5.64. The molecule has 6 heteroatoms. The van der Waals surface area contributed by atoms with Crippen LogP contribution in [0.5, 0.6) is 0 Å². The number of carbonyl (C=O) groups excluding carboxylic acids is 2. The van der Waals surface area contributed by atoms with Crippen molar-refractivity contribution in [3.8, 4) is 0 Å². The molecule has 1 aromatic heterocycles. The first-order chi connectivity index (χ1) is 17.1. The summed E-state index contributed by atoms with van der Waals surface area (Å²) in [6, 6.07) is 11.0. The van der Waals surface area contributed by atoms with Gasteiger partial charge < -0.3 is 9.80 Å². The summed E-state index contributed by atoms with van der Waals surface area (Å²) in [4.78, 5) is 34.2. The zero-order chi connectivity index (χ0) is 24.2. The minimum atomic E-state index is 0.135. The molecule has 1 unspecified atom stereocenters. The van der Waals surface area contributed by atoms with Crippen molar-refractivity contribution in [2.24, 2.45) is 5.92 Å². The first-order valence-electron chi connectivity index (χ1n) is 13.5. The number of thiophene rings is 1. The van der Waals surface area contributed by atoms with E-state index < -0.39 is 0 Å². The Balaban J connectivity index is 1.21. The molecule has 1 saturated carbocycles. The number of hydrogen-bond donors (Lipinski definition) is 0. The van der Waals surface area contributed by atoms with Crippen LogP contribution in [0, 0.1) is 12.8 Å². The molecule has 1 aliphatic carbocycles. The van der Waals surface area contributed by atoms with Crippen LogP contribution in [0.3, 0.4) is 0 Å². The molecule has 2 fully saturated rings. The van der Waals surface area contributed by atoms with Gasteiger partial charge in [-0.2, -0.15) is 0 Å². The topological polar surface area (TPSA) is 43.9 Å². The molecule has 1 atom stereocenters. The van der Waals surface area contributed by atoms with Crippen molar-refractivity contribution in [2.45, 2.75) is 64.3 Å². The maximum atomic E-state index is 13.5. The van der Waals surface area contributed by atoms with Gasteiger partial charge in [0.1, 0.15) is 0 Å². The number of nitrogens with zero attached hydrogens (tertiary/aromatic N) is 3. The molecule has 1 aromatic carbocycles. The van der Waals surface area contributed by atoms with E-state index in [9.17, 15) is 9.59 Å². The Morgan fingerprint density at radius 1 is 0.886 bits per heavy atom. The summed E-state index contributed by atoms with van der Waals surface area (Å²) < 4.78 is 0. The van der Waals surface area contributed by atoms with E-state index in [0.717, 1.165) is 44.8 Å². The molecule has 0 bridgehead atoms. The third-order valence-electron chi connectivity index (χ3n) is 8.33. The molecule has 2 amide bonds. The fraction of sp³-hybridized carbons (Fsp3) is 0.586. The lowest BCUT2D eigenvalue weighted by atomic mass is 9.90. The van der Waals surface area contributed by atoms with Crippen LogP contribution < -0.4 is 0 Å². The van der Waals surface area contributed by atoms with Crippen LogP contribution in [0.1, 0.15) is 72.6 Å². The Morgan fingerprint density at radius 3 is 2.40 bits per heavy atom. The maximum Gasteiger partial charge on any atom is 0.236 e. The van der Waals surface area contributed by atoms with Gasteiger partial charge in [0, 0.05) is 44.0 Å². The maximum absolute atomic E-state index is 13.5. The van der Waals surface area contributed by atoms with Crippen molar-refractivity contribution >= 4 is 23.2 Å². The van der Waals surface area contributed by atoms with Gasteiger partial charge in [-0.15, -0.1) is 11.3 Å². The van der Waals surface area contributed by atoms with Crippen LogP contribution in [-0.4, -0.2) is 65.8 Å². The Labute approximate surface area is 214 Å². The first kappa shape index (κ1) is 24.5. The standard InChI is InChI=1S/C29H39N3O2S/c1-22-7-2-5-10-24(22)29-25-14-20-35-26(25)13-17-32(29)21-28(34)31-16-6-15-30(18-19-31)27(33)12-11-23-8-3-4-9-23/h2,5,7,10,14,20,23,29H,3-4,6,8-9,11-13,15-19,21H2,1H3. The van der Waals surface area contributed by atoms with Crippen LogP contribution in [0.2, 0.25) is 0 Å². The number of hydrogen-bond acceptors (Lipinski definition) is 4. The molecule has 5 rings (SSSR count). The third-order valence-corrected chi connectivity index (χ3v) is 9.33. The van der Waals surface area contributed by atoms with Gasteiger partial charge in [0.25, 0.3) is 0 Å². The van der Waals surface area contributed by atoms with Gasteiger partial charge in [-0.1, -0.05) is 49.9 Å². The Bertz CT molecular complexity index is 1030. The molecule has 2 aromatic rings. The van der Waals surface area contributed by atoms with Crippen molar-refractivity contribution in [2.75, 3.05) is 39.3 Å². The zero-order valence-corrected chi connectivity index (χ0v) is 21.9. The van der Waals surface area contributed by atoms with Crippen LogP contribution in [-0.2, 0) is 16.0 Å². The van der Waals surface area contributed by atoms with Gasteiger partial charge in [0.05, 0.1) is 12.6 Å². The number of amides is 2. The molecule has 188 valence electrons. The minimum Gasteiger partial charge on any atom is -0.341 e. The Kier molecular flexibility index (Phi) is 7.88. The van der Waals surface area contributed by atoms with E-state index in [1.54, 1.807) is 0 Å². The van der Waals surface area contributed by atoms with Gasteiger partial charge in [-0.05, 0) is 60.2 Å². The summed E-state index contributed by atoms with van der Waals surface area (Å²) in [5.74, 6) is 1.23. The molecule has 35 heavy (non-hydrogen) atoms. The van der Waals surface area contributed by atoms with E-state index in [2.05, 4.69) is 47.5 Å². The quantitative estimate of drug-likeness (QED) is 0.567. The summed E-state index contributed by atoms with van der Waals surface area (Å²) in [5, 5.41) is 2.19. The zero-order valence-electron chi connectivity index (χ0n) is 21.1. The van der Waals surface area contributed by atoms with Crippen molar-refractivity contribution in [1.29, 1.82) is 0 Å². The second-order valence-electron chi connectivity index (χ2n) is 10.6. The fourth-order valence-corrected chi connectivity index (χ4v) is 7.18. The number of carbonyl (C=O) groups is 2. The molecule has 5 nitrogen and oxygen atoms in total. The van der Waals surface area contributed by atoms with E-state index in [4.69, 9.17) is 0 Å². The summed E-state index contributed by atoms with van der Waals surface area (Å²) in [6.07, 6.45) is 8.84. The highest BCUT2D eigenvalue weighted by molar-refractivity contribution is 7.10. The highest BCUT2D eigenvalue weighted by atomic mass is 32.1. The normalized spacial score (nSPS) is 21.7. The predicted octanol–water partition coefficient (Wildman–Crippen LogP) is 5.04. The second kappa shape index (κ2) is 11.3. The van der Waals surface area contributed by atoms with Gasteiger partial charge in [0.15, 0.2) is 0 Å². The molecule has 0 radical (unpaired) electrons. The van der Waals surface area contributed by atoms with Crippen molar-refractivity contribution < 1.29 is 9.59 Å². The number of fused-ring (bicyclic) bond motifs is 1. The SMILES string of the molecule is Cc1ccccc1C1c2ccsc2CCN1CC(=O)N1CCCN(C(=O)CCC2CCCC2)CC1. The number of benzene rings is 1. The molecule has 3 aliphatic rings. The fourth-order valence-electron chi connectivity index (χ4n) is 6.27. The monoisotopic (exact) mass is 493 g/mol. The highest BCUT2D eigenvalue weighted by Crippen LogP contribution is 2.38. The smallest absolute Gasteiger partial charge is 0.236 e. The van der Waals surface area contributed by atoms with E-state index >= 15 is 0 Å². The highest BCUT2D eigenvalue weighted by Gasteiger charge is 2.33. The van der Waals surface area contributed by atoms with Crippen molar-refractivity contribution in [1.82, 2.24) is 14.7 Å². The first-order valence-corrected chi connectivity index (χ1v) is 14.4. The van der Waals surface area contributed by atoms with Crippen LogP contribution >= 0.6 is 11.3 Å². The lowest BCUT2D eigenvalue weighted by Gasteiger charge is -2.37. The van der Waals surface area contributed by atoms with Gasteiger partial charge in [-0.25, -0.2) is 0 Å². The van der Waals surface area contributed by atoms with Gasteiger partial charge >= 0.3 is 0 Å². The Hall–Kier alpha value is -2.18. The summed E-state index contributed by atoms with van der Waals surface area (Å²) in [5.41, 5.74) is 3.93. The molecular formula is C29H39N3O2S. The summed E-state index contributed by atoms with van der Waals surface area (Å²) >= 11 is 1.84. The molecular weight excluding hydrogens is 454 g/mol. The van der Waals surface area contributed by atoms with E-state index in [1.165, 1.54) is 47.3 Å². The molecule has 1 saturated heterocycles. The number of aryl methyl sites for hydroxylation is 1. The van der Waals surface area contributed by atoms with E-state index in [1.807, 2.05) is 21.1 Å². The largest absolute Gasteiger partial charge is 0.341 e. The lowest BCUT2D eigenvalue weighted by Crippen LogP contribution is -2.45. The van der Waals surface area contributed by atoms with Gasteiger partial charge in [0.2, 0.25) is 11.8 Å².